The minimum absolute atomic E-state index is 0.0190. The van der Waals surface area contributed by atoms with Crippen LogP contribution < -0.4 is 25.6 Å². The van der Waals surface area contributed by atoms with E-state index in [1.54, 1.807) is 30.3 Å². The fourth-order valence-electron chi connectivity index (χ4n) is 6.30. The summed E-state index contributed by atoms with van der Waals surface area (Å²) in [5.74, 6) is 0.0190. The van der Waals surface area contributed by atoms with Crippen molar-refractivity contribution in [2.24, 2.45) is 0 Å². The molecule has 214 valence electrons. The monoisotopic (exact) mass is 594 g/mol. The van der Waals surface area contributed by atoms with Crippen molar-refractivity contribution in [3.63, 3.8) is 0 Å². The zero-order valence-electron chi connectivity index (χ0n) is 24.4. The van der Waals surface area contributed by atoms with Crippen LogP contribution in [0.5, 0.6) is 5.75 Å². The van der Waals surface area contributed by atoms with Crippen LogP contribution in [-0.2, 0) is 0 Å². The molecule has 0 saturated heterocycles. The number of benzene rings is 6. The van der Waals surface area contributed by atoms with Crippen molar-refractivity contribution in [1.82, 2.24) is 4.73 Å². The second kappa shape index (κ2) is 10.8. The fraction of sp³-hybridized carbons (Fsp3) is 0.0526. The quantitative estimate of drug-likeness (QED) is 0.103. The number of fused-ring (bicyclic) bond motifs is 2. The normalized spacial score (nSPS) is 11.7. The maximum absolute atomic E-state index is 14.6. The molecule has 0 spiro atoms. The lowest BCUT2D eigenvalue weighted by atomic mass is 9.99. The molecule has 7 aromatic rings. The van der Waals surface area contributed by atoms with Crippen LogP contribution >= 0.6 is 7.26 Å². The Kier molecular flexibility index (Phi) is 6.76. The molecule has 7 rings (SSSR count). The van der Waals surface area contributed by atoms with Crippen molar-refractivity contribution in [1.29, 1.82) is 0 Å². The minimum atomic E-state index is -2.98. The SMILES string of the molecule is Cc1ccc(-c2cc3c(c([P+](c4ccccc4)(c4ccccc4)c4ccccc4)c2O)[n+](=O)c2ccccc2n3O)cc1C. The predicted octanol–water partition coefficient (Wildman–Crippen LogP) is 6.56. The van der Waals surface area contributed by atoms with Crippen LogP contribution in [0.25, 0.3) is 33.2 Å². The molecule has 6 heteroatoms. The van der Waals surface area contributed by atoms with Gasteiger partial charge in [0.15, 0.2) is 24.0 Å². The standard InChI is InChI=1S/C38H30N2O3P/c1-26-22-23-28(24-27(26)2)32-25-35-36(40(43)34-21-13-12-20-33(34)39(35)42)38(37(32)41)44(29-14-6-3-7-15-29,30-16-8-4-9-17-30)31-18-10-5-11-19-31/h3-25,42H,1-2H3/q+1/p+1. The summed E-state index contributed by atoms with van der Waals surface area (Å²) in [6, 6.07) is 45.1. The highest BCUT2D eigenvalue weighted by molar-refractivity contribution is 8.02. The number of phenolic OH excluding ortho intramolecular Hbond substituents is 1. The number of para-hydroxylation sites is 2. The van der Waals surface area contributed by atoms with E-state index in [2.05, 4.69) is 43.3 Å². The van der Waals surface area contributed by atoms with E-state index >= 15 is 0 Å². The third-order valence-corrected chi connectivity index (χ3v) is 12.9. The molecule has 0 unspecified atom stereocenters. The summed E-state index contributed by atoms with van der Waals surface area (Å²) in [7, 11) is -2.98. The van der Waals surface area contributed by atoms with Gasteiger partial charge >= 0.3 is 5.52 Å². The molecule has 0 amide bonds. The van der Waals surface area contributed by atoms with Gasteiger partial charge in [0.25, 0.3) is 5.52 Å². The van der Waals surface area contributed by atoms with Crippen molar-refractivity contribution in [2.45, 2.75) is 13.8 Å². The first-order chi connectivity index (χ1) is 21.4. The number of hydrogen-bond acceptors (Lipinski definition) is 3. The van der Waals surface area contributed by atoms with Crippen LogP contribution in [0.4, 0.5) is 0 Å². The van der Waals surface area contributed by atoms with Gasteiger partial charge in [0.2, 0.25) is 5.30 Å². The summed E-state index contributed by atoms with van der Waals surface area (Å²) in [5, 5.41) is 27.9. The highest BCUT2D eigenvalue weighted by atomic mass is 31.2. The topological polar surface area (TPSA) is 68.4 Å². The number of nitrogens with zero attached hydrogens (tertiary/aromatic N) is 2. The molecule has 0 aliphatic carbocycles. The van der Waals surface area contributed by atoms with E-state index in [0.29, 0.717) is 27.4 Å². The van der Waals surface area contributed by atoms with Crippen LogP contribution in [0.3, 0.4) is 0 Å². The lowest BCUT2D eigenvalue weighted by molar-refractivity contribution is -0.432. The third kappa shape index (κ3) is 4.12. The number of hydrogen-bond donors (Lipinski definition) is 2. The highest BCUT2D eigenvalue weighted by Gasteiger charge is 2.54. The Labute approximate surface area is 255 Å². The second-order valence-corrected chi connectivity index (χ2v) is 14.4. The van der Waals surface area contributed by atoms with Crippen LogP contribution in [0, 0.1) is 18.8 Å². The average molecular weight is 595 g/mol. The molecule has 0 radical (unpaired) electrons. The van der Waals surface area contributed by atoms with Gasteiger partial charge in [0, 0.05) is 16.5 Å². The Balaban J connectivity index is 1.80. The zero-order valence-corrected chi connectivity index (χ0v) is 25.3. The Morgan fingerprint density at radius 1 is 0.614 bits per heavy atom. The van der Waals surface area contributed by atoms with E-state index in [4.69, 9.17) is 0 Å². The fourth-order valence-corrected chi connectivity index (χ4v) is 10.8. The Morgan fingerprint density at radius 2 is 1.14 bits per heavy atom. The molecule has 0 aliphatic heterocycles. The van der Waals surface area contributed by atoms with Crippen molar-refractivity contribution in [2.75, 3.05) is 0 Å². The van der Waals surface area contributed by atoms with E-state index < -0.39 is 7.26 Å². The van der Waals surface area contributed by atoms with Gasteiger partial charge in [-0.1, -0.05) is 84.9 Å². The first-order valence-corrected chi connectivity index (χ1v) is 16.3. The highest BCUT2D eigenvalue weighted by Crippen LogP contribution is 2.58. The summed E-state index contributed by atoms with van der Waals surface area (Å²) < 4.78 is 1.96. The number of aromatic nitrogens is 2. The van der Waals surface area contributed by atoms with Gasteiger partial charge in [-0.25, -0.2) is 0 Å². The van der Waals surface area contributed by atoms with Crippen molar-refractivity contribution < 1.29 is 14.7 Å². The van der Waals surface area contributed by atoms with E-state index in [1.807, 2.05) is 79.7 Å². The van der Waals surface area contributed by atoms with Gasteiger partial charge in [-0.05, 0) is 79.1 Å². The molecule has 5 nitrogen and oxygen atoms in total. The molecule has 2 N–H and O–H groups in total. The molecule has 0 saturated carbocycles. The molecular weight excluding hydrogens is 563 g/mol. The largest absolute Gasteiger partial charge is 0.503 e. The zero-order chi connectivity index (χ0) is 30.4. The number of phenols is 1. The smallest absolute Gasteiger partial charge is 0.337 e. The molecule has 0 fully saturated rings. The van der Waals surface area contributed by atoms with E-state index in [1.165, 1.54) is 0 Å². The number of aryl methyl sites for hydroxylation is 2. The Morgan fingerprint density at radius 3 is 1.68 bits per heavy atom. The molecule has 1 heterocycles. The molecule has 1 aromatic heterocycles. The van der Waals surface area contributed by atoms with Gasteiger partial charge in [-0.2, -0.15) is 4.73 Å². The molecule has 0 aliphatic rings. The van der Waals surface area contributed by atoms with Gasteiger partial charge in [-0.3, -0.25) is 0 Å². The van der Waals surface area contributed by atoms with E-state index in [9.17, 15) is 15.2 Å². The summed E-state index contributed by atoms with van der Waals surface area (Å²) in [6.07, 6.45) is 0. The lowest BCUT2D eigenvalue weighted by Crippen LogP contribution is -2.41. The number of aromatic hydroxyl groups is 1. The van der Waals surface area contributed by atoms with E-state index in [-0.39, 0.29) is 11.3 Å². The minimum Gasteiger partial charge on any atom is -0.503 e. The van der Waals surface area contributed by atoms with Crippen molar-refractivity contribution in [3.05, 3.63) is 156 Å². The van der Waals surface area contributed by atoms with Gasteiger partial charge in [-0.15, -0.1) is 0 Å². The van der Waals surface area contributed by atoms with Crippen molar-refractivity contribution in [3.8, 4) is 16.9 Å². The second-order valence-electron chi connectivity index (χ2n) is 11.1. The summed E-state index contributed by atoms with van der Waals surface area (Å²) in [4.78, 5) is 14.6. The third-order valence-electron chi connectivity index (χ3n) is 8.57. The maximum atomic E-state index is 14.6. The maximum Gasteiger partial charge on any atom is 0.337 e. The van der Waals surface area contributed by atoms with Gasteiger partial charge in [0.1, 0.15) is 15.9 Å². The Hall–Kier alpha value is -5.25. The molecule has 0 atom stereocenters. The molecular formula is C38H31N2O3P+2. The van der Waals surface area contributed by atoms with Gasteiger partial charge < -0.3 is 10.3 Å². The average Bonchev–Trinajstić information content (AvgIpc) is 3.07. The predicted molar refractivity (Wildman–Crippen MR) is 181 cm³/mol. The first-order valence-electron chi connectivity index (χ1n) is 14.5. The molecule has 6 aromatic carbocycles. The lowest BCUT2D eigenvalue weighted by Gasteiger charge is -2.28. The molecule has 44 heavy (non-hydrogen) atoms. The Bertz CT molecular complexity index is 2140. The first kappa shape index (κ1) is 27.6. The summed E-state index contributed by atoms with van der Waals surface area (Å²) in [6.45, 7) is 4.09. The van der Waals surface area contributed by atoms with E-state index in [0.717, 1.165) is 41.8 Å². The summed E-state index contributed by atoms with van der Waals surface area (Å²) in [5.41, 5.74) is 4.76. The molecule has 0 bridgehead atoms. The van der Waals surface area contributed by atoms with Crippen LogP contribution in [0.1, 0.15) is 11.1 Å². The number of rotatable bonds is 5. The summed E-state index contributed by atoms with van der Waals surface area (Å²) >= 11 is 0. The van der Waals surface area contributed by atoms with Gasteiger partial charge in [0.05, 0.1) is 4.43 Å². The van der Waals surface area contributed by atoms with Crippen LogP contribution in [0.2, 0.25) is 0 Å². The van der Waals surface area contributed by atoms with Crippen LogP contribution in [-0.4, -0.2) is 15.0 Å². The van der Waals surface area contributed by atoms with Crippen LogP contribution in [0.15, 0.2) is 140 Å². The van der Waals surface area contributed by atoms with Crippen molar-refractivity contribution >= 4 is 50.5 Å².